The van der Waals surface area contributed by atoms with E-state index in [4.69, 9.17) is 10.00 Å². The molecule has 120 valence electrons. The van der Waals surface area contributed by atoms with Crippen LogP contribution in [-0.2, 0) is 11.3 Å². The van der Waals surface area contributed by atoms with Crippen molar-refractivity contribution >= 4 is 17.3 Å². The minimum Gasteiger partial charge on any atom is -0.479 e. The van der Waals surface area contributed by atoms with Gasteiger partial charge in [0.25, 0.3) is 11.6 Å². The third kappa shape index (κ3) is 2.77. The number of carbonyl (C=O) groups is 1. The number of carbonyl (C=O) groups excluding carboxylic acids is 1. The van der Waals surface area contributed by atoms with Crippen LogP contribution >= 0.6 is 0 Å². The molecule has 2 aromatic carbocycles. The first kappa shape index (κ1) is 15.5. The molecule has 2 aromatic rings. The Morgan fingerprint density at radius 2 is 2.00 bits per heavy atom. The van der Waals surface area contributed by atoms with Gasteiger partial charge in [0.2, 0.25) is 0 Å². The quantitative estimate of drug-likeness (QED) is 0.639. The fourth-order valence-electron chi connectivity index (χ4n) is 2.54. The van der Waals surface area contributed by atoms with Crippen molar-refractivity contribution < 1.29 is 14.5 Å². The summed E-state index contributed by atoms with van der Waals surface area (Å²) >= 11 is 0. The van der Waals surface area contributed by atoms with E-state index < -0.39 is 11.0 Å². The zero-order valence-corrected chi connectivity index (χ0v) is 12.8. The Labute approximate surface area is 137 Å². The molecule has 0 aliphatic carbocycles. The fourth-order valence-corrected chi connectivity index (χ4v) is 2.54. The molecule has 0 radical (unpaired) electrons. The molecule has 0 fully saturated rings. The number of nitrogens with zero attached hydrogens (tertiary/aromatic N) is 3. The highest BCUT2D eigenvalue weighted by Crippen LogP contribution is 2.37. The number of anilines is 1. The summed E-state index contributed by atoms with van der Waals surface area (Å²) in [5.41, 5.74) is 1.60. The summed E-state index contributed by atoms with van der Waals surface area (Å²) in [4.78, 5) is 24.4. The molecule has 7 nitrogen and oxygen atoms in total. The van der Waals surface area contributed by atoms with Crippen LogP contribution in [0.4, 0.5) is 11.4 Å². The number of amides is 1. The maximum Gasteiger partial charge on any atom is 0.271 e. The maximum atomic E-state index is 12.5. The molecule has 7 heteroatoms. The molecule has 1 heterocycles. The SMILES string of the molecule is CC1Oc2ccc([N+](=O)[O-])cc2N(Cc2ccc(C#N)cc2)C1=O. The van der Waals surface area contributed by atoms with Crippen LogP contribution in [-0.4, -0.2) is 16.9 Å². The lowest BCUT2D eigenvalue weighted by atomic mass is 10.1. The van der Waals surface area contributed by atoms with Gasteiger partial charge in [-0.2, -0.15) is 5.26 Å². The lowest BCUT2D eigenvalue weighted by Crippen LogP contribution is -2.44. The van der Waals surface area contributed by atoms with E-state index in [1.807, 2.05) is 6.07 Å². The minimum absolute atomic E-state index is 0.107. The molecule has 1 amide bonds. The van der Waals surface area contributed by atoms with Crippen molar-refractivity contribution in [3.63, 3.8) is 0 Å². The van der Waals surface area contributed by atoms with Crippen molar-refractivity contribution in [3.05, 3.63) is 63.7 Å². The number of nitro groups is 1. The Bertz CT molecular complexity index is 855. The van der Waals surface area contributed by atoms with E-state index in [1.54, 1.807) is 31.2 Å². The number of non-ortho nitro benzene ring substituents is 1. The summed E-state index contributed by atoms with van der Waals surface area (Å²) in [5, 5.41) is 19.8. The van der Waals surface area contributed by atoms with Crippen LogP contribution in [0.15, 0.2) is 42.5 Å². The Morgan fingerprint density at radius 3 is 2.62 bits per heavy atom. The average Bonchev–Trinajstić information content (AvgIpc) is 2.59. The number of fused-ring (bicyclic) bond motifs is 1. The molecule has 1 aliphatic rings. The van der Waals surface area contributed by atoms with Gasteiger partial charge in [-0.25, -0.2) is 0 Å². The van der Waals surface area contributed by atoms with Crippen molar-refractivity contribution in [2.24, 2.45) is 0 Å². The molecular weight excluding hydrogens is 310 g/mol. The minimum atomic E-state index is -0.669. The van der Waals surface area contributed by atoms with E-state index >= 15 is 0 Å². The summed E-state index contributed by atoms with van der Waals surface area (Å²) in [7, 11) is 0. The smallest absolute Gasteiger partial charge is 0.271 e. The summed E-state index contributed by atoms with van der Waals surface area (Å²) in [5.74, 6) is 0.161. The summed E-state index contributed by atoms with van der Waals surface area (Å²) in [6.45, 7) is 1.88. The molecular formula is C17H13N3O4. The van der Waals surface area contributed by atoms with Crippen LogP contribution in [0.1, 0.15) is 18.1 Å². The number of hydrogen-bond acceptors (Lipinski definition) is 5. The first-order valence-corrected chi connectivity index (χ1v) is 7.25. The molecule has 0 bridgehead atoms. The number of rotatable bonds is 3. The van der Waals surface area contributed by atoms with Crippen molar-refractivity contribution in [2.75, 3.05) is 4.90 Å². The van der Waals surface area contributed by atoms with Crippen LogP contribution < -0.4 is 9.64 Å². The third-order valence-electron chi connectivity index (χ3n) is 3.79. The molecule has 1 atom stereocenters. The topological polar surface area (TPSA) is 96.5 Å². The second-order valence-electron chi connectivity index (χ2n) is 5.40. The standard InChI is InChI=1S/C17H13N3O4/c1-11-17(21)19(10-13-4-2-12(9-18)3-5-13)15-8-14(20(22)23)6-7-16(15)24-11/h2-8,11H,10H2,1H3. The molecule has 0 N–H and O–H groups in total. The van der Waals surface area contributed by atoms with E-state index in [9.17, 15) is 14.9 Å². The highest BCUT2D eigenvalue weighted by atomic mass is 16.6. The first-order valence-electron chi connectivity index (χ1n) is 7.25. The van der Waals surface area contributed by atoms with E-state index in [0.717, 1.165) is 5.56 Å². The maximum absolute atomic E-state index is 12.5. The van der Waals surface area contributed by atoms with Crippen LogP contribution in [0, 0.1) is 21.4 Å². The van der Waals surface area contributed by atoms with Crippen molar-refractivity contribution in [2.45, 2.75) is 19.6 Å². The van der Waals surface area contributed by atoms with Crippen LogP contribution in [0.25, 0.3) is 0 Å². The molecule has 0 aromatic heterocycles. The van der Waals surface area contributed by atoms with Gasteiger partial charge in [0, 0.05) is 12.1 Å². The Balaban J connectivity index is 1.99. The van der Waals surface area contributed by atoms with Gasteiger partial charge in [-0.1, -0.05) is 12.1 Å². The van der Waals surface area contributed by atoms with Crippen molar-refractivity contribution in [3.8, 4) is 11.8 Å². The Morgan fingerprint density at radius 1 is 1.29 bits per heavy atom. The van der Waals surface area contributed by atoms with Crippen LogP contribution in [0.3, 0.4) is 0 Å². The third-order valence-corrected chi connectivity index (χ3v) is 3.79. The molecule has 0 saturated heterocycles. The van der Waals surface area contributed by atoms with Gasteiger partial charge in [-0.15, -0.1) is 0 Å². The van der Waals surface area contributed by atoms with Crippen molar-refractivity contribution in [1.82, 2.24) is 0 Å². The second-order valence-corrected chi connectivity index (χ2v) is 5.40. The van der Waals surface area contributed by atoms with Gasteiger partial charge >= 0.3 is 0 Å². The van der Waals surface area contributed by atoms with E-state index in [2.05, 4.69) is 0 Å². The highest BCUT2D eigenvalue weighted by Gasteiger charge is 2.32. The Hall–Kier alpha value is -3.40. The average molecular weight is 323 g/mol. The molecule has 24 heavy (non-hydrogen) atoms. The largest absolute Gasteiger partial charge is 0.479 e. The van der Waals surface area contributed by atoms with Gasteiger partial charge in [0.05, 0.1) is 28.8 Å². The van der Waals surface area contributed by atoms with Gasteiger partial charge in [-0.3, -0.25) is 14.9 Å². The van der Waals surface area contributed by atoms with E-state index in [1.165, 1.54) is 23.1 Å². The normalized spacial score (nSPS) is 16.1. The molecule has 0 spiro atoms. The zero-order valence-electron chi connectivity index (χ0n) is 12.8. The van der Waals surface area contributed by atoms with Gasteiger partial charge in [0.1, 0.15) is 5.75 Å². The zero-order chi connectivity index (χ0) is 17.3. The van der Waals surface area contributed by atoms with Crippen LogP contribution in [0.5, 0.6) is 5.75 Å². The lowest BCUT2D eigenvalue weighted by molar-refractivity contribution is -0.384. The summed E-state index contributed by atoms with van der Waals surface area (Å²) < 4.78 is 5.53. The Kier molecular flexibility index (Phi) is 3.88. The highest BCUT2D eigenvalue weighted by molar-refractivity contribution is 6.00. The fraction of sp³-hybridized carbons (Fsp3) is 0.176. The number of nitro benzene ring substituents is 1. The second kappa shape index (κ2) is 6.01. The van der Waals surface area contributed by atoms with E-state index in [-0.39, 0.29) is 18.1 Å². The van der Waals surface area contributed by atoms with Crippen molar-refractivity contribution in [1.29, 1.82) is 5.26 Å². The molecule has 1 unspecified atom stereocenters. The van der Waals surface area contributed by atoms with Gasteiger partial charge < -0.3 is 9.64 Å². The summed E-state index contributed by atoms with van der Waals surface area (Å²) in [6.07, 6.45) is -0.669. The lowest BCUT2D eigenvalue weighted by Gasteiger charge is -2.32. The van der Waals surface area contributed by atoms with Gasteiger partial charge in [0.15, 0.2) is 6.10 Å². The van der Waals surface area contributed by atoms with Crippen LogP contribution in [0.2, 0.25) is 0 Å². The van der Waals surface area contributed by atoms with E-state index in [0.29, 0.717) is 17.0 Å². The molecule has 3 rings (SSSR count). The number of benzene rings is 2. The first-order chi connectivity index (χ1) is 11.5. The van der Waals surface area contributed by atoms with Gasteiger partial charge in [-0.05, 0) is 30.7 Å². The molecule has 0 saturated carbocycles. The number of hydrogen-bond donors (Lipinski definition) is 0. The summed E-state index contributed by atoms with van der Waals surface area (Å²) in [6, 6.07) is 13.1. The predicted molar refractivity (Wildman–Crippen MR) is 85.5 cm³/mol. The predicted octanol–water partition coefficient (Wildman–Crippen LogP) is 2.78. The monoisotopic (exact) mass is 323 g/mol. The number of nitriles is 1. The number of ether oxygens (including phenoxy) is 1. The molecule has 1 aliphatic heterocycles.